The van der Waals surface area contributed by atoms with Crippen LogP contribution in [-0.4, -0.2) is 24.2 Å². The first-order chi connectivity index (χ1) is 9.24. The molecule has 1 aliphatic heterocycles. The fourth-order valence-electron chi connectivity index (χ4n) is 2.51. The van der Waals surface area contributed by atoms with Crippen molar-refractivity contribution in [1.29, 1.82) is 0 Å². The number of fused-ring (bicyclic) bond motifs is 1. The predicted octanol–water partition coefficient (Wildman–Crippen LogP) is 3.05. The van der Waals surface area contributed by atoms with Gasteiger partial charge in [-0.05, 0) is 52.9 Å². The molecule has 1 aliphatic rings. The zero-order valence-electron chi connectivity index (χ0n) is 10.5. The predicted molar refractivity (Wildman–Crippen MR) is 77.3 cm³/mol. The van der Waals surface area contributed by atoms with Gasteiger partial charge in [0.25, 0.3) is 0 Å². The lowest BCUT2D eigenvalue weighted by Gasteiger charge is -2.19. The average Bonchev–Trinajstić information content (AvgIpc) is 3.05. The van der Waals surface area contributed by atoms with Gasteiger partial charge in [0.1, 0.15) is 0 Å². The number of thiophene rings is 1. The summed E-state index contributed by atoms with van der Waals surface area (Å²) in [4.78, 5) is 13.3. The van der Waals surface area contributed by atoms with E-state index in [2.05, 4.69) is 21.7 Å². The first-order valence-corrected chi connectivity index (χ1v) is 7.30. The maximum Gasteiger partial charge on any atom is 0.335 e. The number of benzene rings is 1. The number of aromatic carboxylic acids is 1. The van der Waals surface area contributed by atoms with Gasteiger partial charge in [-0.3, -0.25) is 0 Å². The van der Waals surface area contributed by atoms with Crippen LogP contribution in [0.2, 0.25) is 0 Å². The Hall–Kier alpha value is -1.81. The molecule has 0 aliphatic carbocycles. The Morgan fingerprint density at radius 2 is 2.26 bits per heavy atom. The Morgan fingerprint density at radius 1 is 1.37 bits per heavy atom. The second-order valence-electron chi connectivity index (χ2n) is 4.77. The van der Waals surface area contributed by atoms with Crippen molar-refractivity contribution in [3.63, 3.8) is 0 Å². The van der Waals surface area contributed by atoms with Gasteiger partial charge in [-0.25, -0.2) is 4.79 Å². The fraction of sp³-hybridized carbons (Fsp3) is 0.267. The van der Waals surface area contributed by atoms with Gasteiger partial charge in [0, 0.05) is 18.8 Å². The molecule has 3 rings (SSSR count). The van der Waals surface area contributed by atoms with Crippen molar-refractivity contribution in [1.82, 2.24) is 0 Å². The topological polar surface area (TPSA) is 40.5 Å². The third kappa shape index (κ3) is 2.49. The quantitative estimate of drug-likeness (QED) is 0.930. The minimum Gasteiger partial charge on any atom is -0.478 e. The summed E-state index contributed by atoms with van der Waals surface area (Å²) in [6.45, 7) is 1.94. The fourth-order valence-corrected chi connectivity index (χ4v) is 3.21. The Balaban J connectivity index is 1.76. The summed E-state index contributed by atoms with van der Waals surface area (Å²) in [5, 5.41) is 13.3. The molecule has 4 heteroatoms. The number of nitrogens with zero attached hydrogens (tertiary/aromatic N) is 1. The Morgan fingerprint density at radius 3 is 3.00 bits per heavy atom. The Kier molecular flexibility index (Phi) is 3.25. The molecule has 0 bridgehead atoms. The first-order valence-electron chi connectivity index (χ1n) is 6.36. The van der Waals surface area contributed by atoms with Gasteiger partial charge in [0.15, 0.2) is 0 Å². The van der Waals surface area contributed by atoms with Crippen LogP contribution in [0.1, 0.15) is 21.5 Å². The molecular formula is C15H15NO2S. The second-order valence-corrected chi connectivity index (χ2v) is 5.55. The second kappa shape index (κ2) is 5.05. The van der Waals surface area contributed by atoms with Gasteiger partial charge in [-0.1, -0.05) is 6.07 Å². The lowest BCUT2D eigenvalue weighted by molar-refractivity contribution is 0.0697. The lowest BCUT2D eigenvalue weighted by Crippen LogP contribution is -2.23. The molecule has 0 saturated heterocycles. The van der Waals surface area contributed by atoms with E-state index in [4.69, 9.17) is 5.11 Å². The molecular weight excluding hydrogens is 258 g/mol. The highest BCUT2D eigenvalue weighted by molar-refractivity contribution is 7.07. The zero-order chi connectivity index (χ0) is 13.2. The van der Waals surface area contributed by atoms with E-state index in [1.54, 1.807) is 23.5 Å². The molecule has 1 aromatic heterocycles. The largest absolute Gasteiger partial charge is 0.478 e. The molecule has 0 radical (unpaired) electrons. The number of hydrogen-bond acceptors (Lipinski definition) is 3. The average molecular weight is 273 g/mol. The van der Waals surface area contributed by atoms with Crippen LogP contribution in [0, 0.1) is 0 Å². The van der Waals surface area contributed by atoms with E-state index in [1.807, 2.05) is 6.07 Å². The van der Waals surface area contributed by atoms with Crippen LogP contribution in [0.4, 0.5) is 5.69 Å². The number of carboxylic acid groups (broad SMARTS) is 1. The molecule has 1 aromatic carbocycles. The summed E-state index contributed by atoms with van der Waals surface area (Å²) >= 11 is 1.72. The molecule has 19 heavy (non-hydrogen) atoms. The lowest BCUT2D eigenvalue weighted by atomic mass is 10.1. The highest BCUT2D eigenvalue weighted by atomic mass is 32.1. The van der Waals surface area contributed by atoms with E-state index in [0.29, 0.717) is 5.56 Å². The highest BCUT2D eigenvalue weighted by Gasteiger charge is 2.20. The number of carbonyl (C=O) groups is 1. The number of anilines is 1. The minimum atomic E-state index is -0.854. The van der Waals surface area contributed by atoms with E-state index < -0.39 is 5.97 Å². The molecule has 1 N–H and O–H groups in total. The summed E-state index contributed by atoms with van der Waals surface area (Å²) < 4.78 is 0. The third-order valence-corrected chi connectivity index (χ3v) is 4.31. The van der Waals surface area contributed by atoms with E-state index in [1.165, 1.54) is 11.1 Å². The third-order valence-electron chi connectivity index (χ3n) is 3.57. The molecule has 0 saturated carbocycles. The Bertz CT molecular complexity index is 592. The summed E-state index contributed by atoms with van der Waals surface area (Å²) in [6.07, 6.45) is 2.03. The Labute approximate surface area is 116 Å². The summed E-state index contributed by atoms with van der Waals surface area (Å²) in [5.41, 5.74) is 4.08. The van der Waals surface area contributed by atoms with Crippen LogP contribution >= 0.6 is 11.3 Å². The zero-order valence-corrected chi connectivity index (χ0v) is 11.3. The SMILES string of the molecule is O=C(O)c1ccc2c(c1)N(CCc1ccsc1)CC2. The van der Waals surface area contributed by atoms with Crippen LogP contribution < -0.4 is 4.90 Å². The van der Waals surface area contributed by atoms with Crippen LogP contribution in [0.15, 0.2) is 35.0 Å². The van der Waals surface area contributed by atoms with Gasteiger partial charge in [0.2, 0.25) is 0 Å². The summed E-state index contributed by atoms with van der Waals surface area (Å²) in [5.74, 6) is -0.854. The maximum atomic E-state index is 11.0. The number of carboxylic acids is 1. The van der Waals surface area contributed by atoms with Crippen LogP contribution in [0.5, 0.6) is 0 Å². The molecule has 0 spiro atoms. The van der Waals surface area contributed by atoms with Crippen molar-refractivity contribution in [2.75, 3.05) is 18.0 Å². The van der Waals surface area contributed by atoms with Crippen molar-refractivity contribution in [2.24, 2.45) is 0 Å². The minimum absolute atomic E-state index is 0.376. The van der Waals surface area contributed by atoms with Gasteiger partial charge in [-0.15, -0.1) is 0 Å². The van der Waals surface area contributed by atoms with Crippen LogP contribution in [-0.2, 0) is 12.8 Å². The normalized spacial score (nSPS) is 13.6. The van der Waals surface area contributed by atoms with Gasteiger partial charge >= 0.3 is 5.97 Å². The number of hydrogen-bond donors (Lipinski definition) is 1. The number of rotatable bonds is 4. The van der Waals surface area contributed by atoms with Crippen molar-refractivity contribution < 1.29 is 9.90 Å². The van der Waals surface area contributed by atoms with Crippen LogP contribution in [0.3, 0.4) is 0 Å². The first kappa shape index (κ1) is 12.2. The monoisotopic (exact) mass is 273 g/mol. The van der Waals surface area contributed by atoms with Crippen LogP contribution in [0.25, 0.3) is 0 Å². The van der Waals surface area contributed by atoms with Crippen molar-refractivity contribution in [3.05, 3.63) is 51.7 Å². The smallest absolute Gasteiger partial charge is 0.335 e. The molecule has 2 aromatic rings. The van der Waals surface area contributed by atoms with E-state index in [9.17, 15) is 4.79 Å². The molecule has 0 fully saturated rings. The van der Waals surface area contributed by atoms with Crippen molar-refractivity contribution >= 4 is 23.0 Å². The van der Waals surface area contributed by atoms with Gasteiger partial charge < -0.3 is 10.0 Å². The van der Waals surface area contributed by atoms with Crippen molar-refractivity contribution in [2.45, 2.75) is 12.8 Å². The molecule has 0 amide bonds. The van der Waals surface area contributed by atoms with E-state index in [0.717, 1.165) is 31.6 Å². The standard InChI is InChI=1S/C15H15NO2S/c17-15(18)13-2-1-12-4-7-16(14(12)9-13)6-3-11-5-8-19-10-11/h1-2,5,8-10H,3-4,6-7H2,(H,17,18). The molecule has 2 heterocycles. The highest BCUT2D eigenvalue weighted by Crippen LogP contribution is 2.29. The van der Waals surface area contributed by atoms with Gasteiger partial charge in [0.05, 0.1) is 5.56 Å². The summed E-state index contributed by atoms with van der Waals surface area (Å²) in [7, 11) is 0. The maximum absolute atomic E-state index is 11.0. The molecule has 0 atom stereocenters. The van der Waals surface area contributed by atoms with E-state index in [-0.39, 0.29) is 0 Å². The molecule has 0 unspecified atom stereocenters. The summed E-state index contributed by atoms with van der Waals surface area (Å²) in [6, 6.07) is 7.60. The van der Waals surface area contributed by atoms with Crippen molar-refractivity contribution in [3.8, 4) is 0 Å². The van der Waals surface area contributed by atoms with Gasteiger partial charge in [-0.2, -0.15) is 11.3 Å². The molecule has 98 valence electrons. The van der Waals surface area contributed by atoms with E-state index >= 15 is 0 Å². The molecule has 3 nitrogen and oxygen atoms in total.